The molecule has 3 nitrogen and oxygen atoms in total. The van der Waals surface area contributed by atoms with E-state index in [1.807, 2.05) is 0 Å². The van der Waals surface area contributed by atoms with Crippen LogP contribution >= 0.6 is 11.3 Å². The molecule has 0 N–H and O–H groups in total. The molecule has 0 aliphatic carbocycles. The largest absolute Gasteiger partial charge is 0.446 e. The smallest absolute Gasteiger partial charge is 0.349 e. The van der Waals surface area contributed by atoms with Crippen LogP contribution in [0.2, 0.25) is 0 Å². The SMILES string of the molecule is N#CCOC(=O)c1cc2c(F)cccc2s1. The monoisotopic (exact) mass is 235 g/mol. The van der Waals surface area contributed by atoms with Crippen LogP contribution in [0, 0.1) is 17.1 Å². The van der Waals surface area contributed by atoms with Crippen molar-refractivity contribution in [3.8, 4) is 6.07 Å². The van der Waals surface area contributed by atoms with Gasteiger partial charge in [-0.2, -0.15) is 5.26 Å². The first-order valence-electron chi connectivity index (χ1n) is 4.44. The molecule has 0 atom stereocenters. The van der Waals surface area contributed by atoms with Crippen molar-refractivity contribution in [3.63, 3.8) is 0 Å². The minimum absolute atomic E-state index is 0.296. The van der Waals surface area contributed by atoms with Gasteiger partial charge < -0.3 is 4.74 Å². The predicted molar refractivity (Wildman–Crippen MR) is 57.7 cm³/mol. The summed E-state index contributed by atoms with van der Waals surface area (Å²) in [6.07, 6.45) is 0. The average molecular weight is 235 g/mol. The summed E-state index contributed by atoms with van der Waals surface area (Å²) in [6, 6.07) is 7.78. The molecule has 2 rings (SSSR count). The molecular formula is C11H6FNO2S. The zero-order chi connectivity index (χ0) is 11.5. The van der Waals surface area contributed by atoms with E-state index in [2.05, 4.69) is 4.74 Å². The van der Waals surface area contributed by atoms with E-state index in [1.165, 1.54) is 12.1 Å². The summed E-state index contributed by atoms with van der Waals surface area (Å²) in [5.74, 6) is -0.963. The molecule has 1 heterocycles. The fourth-order valence-electron chi connectivity index (χ4n) is 1.29. The number of hydrogen-bond donors (Lipinski definition) is 0. The molecule has 5 heteroatoms. The molecule has 16 heavy (non-hydrogen) atoms. The van der Waals surface area contributed by atoms with Gasteiger partial charge >= 0.3 is 5.97 Å². The Balaban J connectivity index is 2.37. The second-order valence-electron chi connectivity index (χ2n) is 3.00. The number of esters is 1. The average Bonchev–Trinajstić information content (AvgIpc) is 2.71. The number of fused-ring (bicyclic) bond motifs is 1. The molecule has 0 saturated carbocycles. The molecule has 2 aromatic rings. The number of nitrogens with zero attached hydrogens (tertiary/aromatic N) is 1. The first kappa shape index (κ1) is 10.6. The minimum atomic E-state index is -0.595. The first-order valence-corrected chi connectivity index (χ1v) is 5.26. The number of ether oxygens (including phenoxy) is 1. The number of benzene rings is 1. The zero-order valence-corrected chi connectivity index (χ0v) is 8.88. The Morgan fingerprint density at radius 3 is 3.06 bits per heavy atom. The number of rotatable bonds is 2. The number of nitriles is 1. The topological polar surface area (TPSA) is 50.1 Å². The van der Waals surface area contributed by atoms with Gasteiger partial charge in [0.25, 0.3) is 0 Å². The van der Waals surface area contributed by atoms with Gasteiger partial charge in [-0.1, -0.05) is 6.07 Å². The van der Waals surface area contributed by atoms with Gasteiger partial charge in [0.1, 0.15) is 16.8 Å². The van der Waals surface area contributed by atoms with Crippen LogP contribution in [0.5, 0.6) is 0 Å². The van der Waals surface area contributed by atoms with E-state index in [9.17, 15) is 9.18 Å². The number of carbonyl (C=O) groups is 1. The molecule has 0 aliphatic rings. The number of halogens is 1. The third kappa shape index (κ3) is 1.88. The Kier molecular flexibility index (Phi) is 2.84. The first-order chi connectivity index (χ1) is 7.72. The zero-order valence-electron chi connectivity index (χ0n) is 8.07. The van der Waals surface area contributed by atoms with E-state index in [1.54, 1.807) is 18.2 Å². The van der Waals surface area contributed by atoms with Gasteiger partial charge in [0.2, 0.25) is 0 Å². The van der Waals surface area contributed by atoms with Crippen molar-refractivity contribution < 1.29 is 13.9 Å². The Labute approximate surface area is 94.7 Å². The van der Waals surface area contributed by atoms with Crippen LogP contribution < -0.4 is 0 Å². The summed E-state index contributed by atoms with van der Waals surface area (Å²) in [5.41, 5.74) is 0. The molecule has 80 valence electrons. The fraction of sp³-hybridized carbons (Fsp3) is 0.0909. The standard InChI is InChI=1S/C11H6FNO2S/c12-8-2-1-3-9-7(8)6-10(16-9)11(14)15-5-4-13/h1-3,6H,5H2. The highest BCUT2D eigenvalue weighted by molar-refractivity contribution is 7.20. The lowest BCUT2D eigenvalue weighted by molar-refractivity contribution is 0.0561. The third-order valence-corrected chi connectivity index (χ3v) is 3.06. The van der Waals surface area contributed by atoms with Gasteiger partial charge in [-0.15, -0.1) is 11.3 Å². The van der Waals surface area contributed by atoms with Gasteiger partial charge in [-0.3, -0.25) is 0 Å². The Bertz CT molecular complexity index is 585. The van der Waals surface area contributed by atoms with Crippen molar-refractivity contribution >= 4 is 27.4 Å². The van der Waals surface area contributed by atoms with E-state index in [0.717, 1.165) is 11.3 Å². The molecule has 0 spiro atoms. The summed E-state index contributed by atoms with van der Waals surface area (Å²) in [7, 11) is 0. The fourth-order valence-corrected chi connectivity index (χ4v) is 2.26. The number of thiophene rings is 1. The van der Waals surface area contributed by atoms with Gasteiger partial charge in [-0.25, -0.2) is 9.18 Å². The summed E-state index contributed by atoms with van der Waals surface area (Å²) >= 11 is 1.15. The maximum absolute atomic E-state index is 13.3. The summed E-state index contributed by atoms with van der Waals surface area (Å²) in [6.45, 7) is -0.296. The molecular weight excluding hydrogens is 229 g/mol. The van der Waals surface area contributed by atoms with Crippen LogP contribution in [-0.4, -0.2) is 12.6 Å². The summed E-state index contributed by atoms with van der Waals surface area (Å²) in [4.78, 5) is 11.7. The normalized spacial score (nSPS) is 10.0. The van der Waals surface area contributed by atoms with E-state index in [-0.39, 0.29) is 12.4 Å². The van der Waals surface area contributed by atoms with Gasteiger partial charge in [0.05, 0.1) is 0 Å². The molecule has 0 bridgehead atoms. The molecule has 0 radical (unpaired) electrons. The minimum Gasteiger partial charge on any atom is -0.446 e. The summed E-state index contributed by atoms with van der Waals surface area (Å²) < 4.78 is 18.6. The predicted octanol–water partition coefficient (Wildman–Crippen LogP) is 2.72. The van der Waals surface area contributed by atoms with Crippen LogP contribution in [0.25, 0.3) is 10.1 Å². The van der Waals surface area contributed by atoms with Crippen LogP contribution in [0.15, 0.2) is 24.3 Å². The molecule has 1 aromatic heterocycles. The van der Waals surface area contributed by atoms with Crippen molar-refractivity contribution in [2.75, 3.05) is 6.61 Å². The molecule has 0 unspecified atom stereocenters. The van der Waals surface area contributed by atoms with Crippen LogP contribution in [0.4, 0.5) is 4.39 Å². The van der Waals surface area contributed by atoms with Crippen LogP contribution in [0.3, 0.4) is 0 Å². The van der Waals surface area contributed by atoms with Crippen LogP contribution in [-0.2, 0) is 4.74 Å². The van der Waals surface area contributed by atoms with E-state index < -0.39 is 5.97 Å². The second-order valence-corrected chi connectivity index (χ2v) is 4.08. The van der Waals surface area contributed by atoms with E-state index in [0.29, 0.717) is 15.0 Å². The molecule has 0 amide bonds. The lowest BCUT2D eigenvalue weighted by Crippen LogP contribution is -2.02. The third-order valence-electron chi connectivity index (χ3n) is 1.98. The number of hydrogen-bond acceptors (Lipinski definition) is 4. The maximum Gasteiger partial charge on any atom is 0.349 e. The summed E-state index contributed by atoms with van der Waals surface area (Å²) in [5, 5.41) is 8.66. The van der Waals surface area contributed by atoms with Crippen molar-refractivity contribution in [1.82, 2.24) is 0 Å². The van der Waals surface area contributed by atoms with E-state index >= 15 is 0 Å². The van der Waals surface area contributed by atoms with Crippen molar-refractivity contribution in [3.05, 3.63) is 35.0 Å². The Hall–Kier alpha value is -1.93. The van der Waals surface area contributed by atoms with E-state index in [4.69, 9.17) is 5.26 Å². The maximum atomic E-state index is 13.3. The highest BCUT2D eigenvalue weighted by atomic mass is 32.1. The molecule has 1 aromatic carbocycles. The number of carbonyl (C=O) groups excluding carboxylic acids is 1. The lowest BCUT2D eigenvalue weighted by Gasteiger charge is -1.94. The van der Waals surface area contributed by atoms with Crippen molar-refractivity contribution in [2.24, 2.45) is 0 Å². The molecule has 0 aliphatic heterocycles. The van der Waals surface area contributed by atoms with Crippen LogP contribution in [0.1, 0.15) is 9.67 Å². The molecule has 0 saturated heterocycles. The van der Waals surface area contributed by atoms with Gasteiger partial charge in [0, 0.05) is 10.1 Å². The Morgan fingerprint density at radius 2 is 2.38 bits per heavy atom. The highest BCUT2D eigenvalue weighted by Crippen LogP contribution is 2.27. The Morgan fingerprint density at radius 1 is 1.56 bits per heavy atom. The van der Waals surface area contributed by atoms with Gasteiger partial charge in [0.15, 0.2) is 6.61 Å². The van der Waals surface area contributed by atoms with Crippen molar-refractivity contribution in [1.29, 1.82) is 5.26 Å². The molecule has 0 fully saturated rings. The second kappa shape index (κ2) is 4.29. The van der Waals surface area contributed by atoms with Gasteiger partial charge in [-0.05, 0) is 18.2 Å². The highest BCUT2D eigenvalue weighted by Gasteiger charge is 2.13. The van der Waals surface area contributed by atoms with Crippen molar-refractivity contribution in [2.45, 2.75) is 0 Å². The quantitative estimate of drug-likeness (QED) is 0.752. The lowest BCUT2D eigenvalue weighted by atomic mass is 10.2.